The van der Waals surface area contributed by atoms with Crippen molar-refractivity contribution in [1.82, 2.24) is 4.98 Å². The predicted molar refractivity (Wildman–Crippen MR) is 109 cm³/mol. The fourth-order valence-electron chi connectivity index (χ4n) is 2.12. The zero-order valence-corrected chi connectivity index (χ0v) is 16.9. The number of aromatic nitrogens is 1. The van der Waals surface area contributed by atoms with Crippen molar-refractivity contribution in [3.63, 3.8) is 0 Å². The van der Waals surface area contributed by atoms with E-state index in [-0.39, 0.29) is 11.5 Å². The van der Waals surface area contributed by atoms with Crippen molar-refractivity contribution >= 4 is 11.5 Å². The number of rotatable bonds is 8. The van der Waals surface area contributed by atoms with Gasteiger partial charge in [0.2, 0.25) is 0 Å². The molecule has 0 unspecified atom stereocenters. The summed E-state index contributed by atoms with van der Waals surface area (Å²) in [5.74, 6) is 0.867. The molecule has 1 rings (SSSR count). The van der Waals surface area contributed by atoms with Crippen molar-refractivity contribution in [2.45, 2.75) is 60.3 Å². The van der Waals surface area contributed by atoms with Crippen molar-refractivity contribution in [1.29, 1.82) is 0 Å². The lowest BCUT2D eigenvalue weighted by atomic mass is 10.1. The molecular formula is C20H32F2N4O. The van der Waals surface area contributed by atoms with Crippen LogP contribution in [0.4, 0.5) is 14.5 Å². The maximum atomic E-state index is 12.5. The molecule has 152 valence electrons. The maximum Gasteiger partial charge on any atom is 0.280 e. The van der Waals surface area contributed by atoms with Gasteiger partial charge in [0.1, 0.15) is 17.3 Å². The Hall–Kier alpha value is -2.44. The van der Waals surface area contributed by atoms with Crippen molar-refractivity contribution in [2.24, 2.45) is 10.7 Å². The van der Waals surface area contributed by atoms with Gasteiger partial charge in [0.05, 0.1) is 18.5 Å². The predicted octanol–water partition coefficient (Wildman–Crippen LogP) is 5.02. The van der Waals surface area contributed by atoms with Gasteiger partial charge in [-0.15, -0.1) is 0 Å². The van der Waals surface area contributed by atoms with Crippen LogP contribution in [-0.2, 0) is 0 Å². The molecule has 0 bridgehead atoms. The van der Waals surface area contributed by atoms with Crippen LogP contribution in [0, 0.1) is 6.92 Å². The number of anilines is 1. The summed E-state index contributed by atoms with van der Waals surface area (Å²) in [5.41, 5.74) is 13.5. The number of hydrogen-bond acceptors (Lipinski definition) is 4. The molecule has 0 aliphatic rings. The van der Waals surface area contributed by atoms with Crippen LogP contribution in [0.25, 0.3) is 0 Å². The molecule has 0 fully saturated rings. The van der Waals surface area contributed by atoms with Crippen LogP contribution >= 0.6 is 0 Å². The molecule has 1 heterocycles. The summed E-state index contributed by atoms with van der Waals surface area (Å²) in [6.45, 7) is 10.2. The topological polar surface area (TPSA) is 86.5 Å². The molecule has 0 atom stereocenters. The first kappa shape index (κ1) is 24.6. The molecule has 5 nitrogen and oxygen atoms in total. The van der Waals surface area contributed by atoms with E-state index < -0.39 is 6.43 Å². The standard InChI is InChI=1S/C12H20F2N2.C8H12N2O/c1-4-6-9(3)8-11(15)16-10(7-5-2)12(13)14;1-3-11-8-4-6(2)10-5-7(8)9/h7-8,12H,4-6H2,1-3H3,(H2,15,16);4-5H,3,9H2,1-2H3/b9-8+,10-7-;. The smallest absolute Gasteiger partial charge is 0.280 e. The van der Waals surface area contributed by atoms with E-state index >= 15 is 0 Å². The number of aliphatic imine (C=N–C) groups is 1. The third-order valence-electron chi connectivity index (χ3n) is 3.27. The maximum absolute atomic E-state index is 12.5. The van der Waals surface area contributed by atoms with Crippen molar-refractivity contribution < 1.29 is 13.5 Å². The number of ether oxygens (including phenoxy) is 1. The molecule has 0 saturated heterocycles. The second-order valence-electron chi connectivity index (χ2n) is 5.91. The first-order chi connectivity index (χ1) is 12.7. The second-order valence-corrected chi connectivity index (χ2v) is 5.91. The molecule has 0 aromatic carbocycles. The summed E-state index contributed by atoms with van der Waals surface area (Å²) in [6.07, 6.45) is 4.50. The van der Waals surface area contributed by atoms with E-state index in [1.54, 1.807) is 19.2 Å². The summed E-state index contributed by atoms with van der Waals surface area (Å²) >= 11 is 0. The van der Waals surface area contributed by atoms with Gasteiger partial charge in [0.15, 0.2) is 0 Å². The fourth-order valence-corrected chi connectivity index (χ4v) is 2.12. The first-order valence-corrected chi connectivity index (χ1v) is 9.09. The van der Waals surface area contributed by atoms with Gasteiger partial charge in [-0.1, -0.05) is 31.9 Å². The molecule has 0 saturated carbocycles. The summed E-state index contributed by atoms with van der Waals surface area (Å²) in [7, 11) is 0. The van der Waals surface area contributed by atoms with Gasteiger partial charge in [-0.3, -0.25) is 4.98 Å². The van der Waals surface area contributed by atoms with Crippen LogP contribution in [0.5, 0.6) is 5.75 Å². The Balaban J connectivity index is 0.000000533. The van der Waals surface area contributed by atoms with E-state index in [2.05, 4.69) is 9.98 Å². The molecule has 0 aliphatic carbocycles. The zero-order valence-electron chi connectivity index (χ0n) is 16.9. The van der Waals surface area contributed by atoms with Gasteiger partial charge in [-0.05, 0) is 39.7 Å². The lowest BCUT2D eigenvalue weighted by Gasteiger charge is -2.05. The van der Waals surface area contributed by atoms with E-state index in [1.807, 2.05) is 33.8 Å². The van der Waals surface area contributed by atoms with E-state index in [0.717, 1.165) is 29.9 Å². The molecule has 1 aromatic heterocycles. The Kier molecular flexibility index (Phi) is 12.5. The zero-order chi connectivity index (χ0) is 20.8. The Morgan fingerprint density at radius 3 is 2.52 bits per heavy atom. The van der Waals surface area contributed by atoms with Crippen molar-refractivity contribution in [2.75, 3.05) is 12.3 Å². The fraction of sp³-hybridized carbons (Fsp3) is 0.500. The molecular weight excluding hydrogens is 350 g/mol. The SMILES string of the molecule is CCOc1cc(C)ncc1N.CC\C=C(/N=C(N)/C=C(\C)CCC)C(F)F. The minimum atomic E-state index is -2.57. The number of amidine groups is 1. The second kappa shape index (κ2) is 13.7. The van der Waals surface area contributed by atoms with E-state index in [1.165, 1.54) is 6.08 Å². The molecule has 7 heteroatoms. The Morgan fingerprint density at radius 1 is 1.33 bits per heavy atom. The number of nitrogens with zero attached hydrogens (tertiary/aromatic N) is 2. The Labute approximate surface area is 161 Å². The normalized spacial score (nSPS) is 12.7. The molecule has 0 amide bonds. The van der Waals surface area contributed by atoms with E-state index in [0.29, 0.717) is 18.7 Å². The lowest BCUT2D eigenvalue weighted by Crippen LogP contribution is -2.11. The summed E-state index contributed by atoms with van der Waals surface area (Å²) < 4.78 is 30.2. The average Bonchev–Trinajstić information content (AvgIpc) is 2.58. The highest BCUT2D eigenvalue weighted by atomic mass is 19.3. The van der Waals surface area contributed by atoms with Gasteiger partial charge >= 0.3 is 0 Å². The number of nitrogens with two attached hydrogens (primary N) is 2. The van der Waals surface area contributed by atoms with Crippen LogP contribution in [0.3, 0.4) is 0 Å². The highest BCUT2D eigenvalue weighted by Crippen LogP contribution is 2.20. The van der Waals surface area contributed by atoms with Crippen LogP contribution in [0.2, 0.25) is 0 Å². The van der Waals surface area contributed by atoms with Crippen LogP contribution in [-0.4, -0.2) is 23.9 Å². The average molecular weight is 382 g/mol. The van der Waals surface area contributed by atoms with Crippen molar-refractivity contribution in [3.05, 3.63) is 41.4 Å². The number of hydrogen-bond donors (Lipinski definition) is 2. The monoisotopic (exact) mass is 382 g/mol. The number of halogens is 2. The quantitative estimate of drug-likeness (QED) is 0.488. The van der Waals surface area contributed by atoms with Crippen LogP contribution in [0.15, 0.2) is 40.7 Å². The van der Waals surface area contributed by atoms with E-state index in [4.69, 9.17) is 16.2 Å². The molecule has 4 N–H and O–H groups in total. The summed E-state index contributed by atoms with van der Waals surface area (Å²) in [6, 6.07) is 1.83. The van der Waals surface area contributed by atoms with Crippen molar-refractivity contribution in [3.8, 4) is 5.75 Å². The largest absolute Gasteiger partial charge is 0.492 e. The minimum Gasteiger partial charge on any atom is -0.492 e. The van der Waals surface area contributed by atoms with Gasteiger partial charge in [-0.2, -0.15) is 0 Å². The van der Waals surface area contributed by atoms with E-state index in [9.17, 15) is 8.78 Å². The summed E-state index contributed by atoms with van der Waals surface area (Å²) in [4.78, 5) is 7.73. The number of allylic oxidation sites excluding steroid dienone is 3. The number of pyridine rings is 1. The van der Waals surface area contributed by atoms with Gasteiger partial charge in [0, 0.05) is 11.8 Å². The minimum absolute atomic E-state index is 0.144. The molecule has 27 heavy (non-hydrogen) atoms. The van der Waals surface area contributed by atoms with Gasteiger partial charge in [-0.25, -0.2) is 13.8 Å². The third kappa shape index (κ3) is 11.0. The molecule has 0 spiro atoms. The lowest BCUT2D eigenvalue weighted by molar-refractivity contribution is 0.188. The summed E-state index contributed by atoms with van der Waals surface area (Å²) in [5, 5.41) is 0. The first-order valence-electron chi connectivity index (χ1n) is 9.09. The van der Waals surface area contributed by atoms with Gasteiger partial charge < -0.3 is 16.2 Å². The number of nitrogen functional groups attached to an aromatic ring is 1. The van der Waals surface area contributed by atoms with Gasteiger partial charge in [0.25, 0.3) is 6.43 Å². The highest BCUT2D eigenvalue weighted by Gasteiger charge is 2.09. The number of aryl methyl sites for hydroxylation is 1. The molecule has 0 aliphatic heterocycles. The van der Waals surface area contributed by atoms with Crippen LogP contribution in [0.1, 0.15) is 52.7 Å². The van der Waals surface area contributed by atoms with Crippen LogP contribution < -0.4 is 16.2 Å². The molecule has 1 aromatic rings. The number of alkyl halides is 2. The third-order valence-corrected chi connectivity index (χ3v) is 3.27. The Morgan fingerprint density at radius 2 is 2.00 bits per heavy atom. The molecule has 0 radical (unpaired) electrons. The highest BCUT2D eigenvalue weighted by molar-refractivity contribution is 5.92. The Bertz CT molecular complexity index is 655.